The molecule has 0 radical (unpaired) electrons. The molecule has 15 heteroatoms. The lowest BCUT2D eigenvalue weighted by atomic mass is 10.0. The minimum absolute atomic E-state index is 0.104. The van der Waals surface area contributed by atoms with Crippen LogP contribution in [0.2, 0.25) is 0 Å². The number of hydrogen-bond acceptors (Lipinski definition) is 10. The Balaban J connectivity index is 2.33. The van der Waals surface area contributed by atoms with Gasteiger partial charge in [0.2, 0.25) is 0 Å². The van der Waals surface area contributed by atoms with Crippen molar-refractivity contribution in [1.29, 1.82) is 0 Å². The van der Waals surface area contributed by atoms with Gasteiger partial charge in [0.05, 0.1) is 0 Å². The molecule has 2 aromatic carbocycles. The van der Waals surface area contributed by atoms with E-state index in [2.05, 4.69) is 4.18 Å². The summed E-state index contributed by atoms with van der Waals surface area (Å²) in [5, 5.41) is 0. The number of primary amides is 3. The lowest BCUT2D eigenvalue weighted by Crippen LogP contribution is -2.16. The van der Waals surface area contributed by atoms with Gasteiger partial charge in [0.15, 0.2) is 0 Å². The average Bonchev–Trinajstić information content (AvgIpc) is 2.73. The van der Waals surface area contributed by atoms with Gasteiger partial charge < -0.3 is 40.3 Å². The summed E-state index contributed by atoms with van der Waals surface area (Å²) in [4.78, 5) is 33.1. The molecule has 2 aromatic rings. The number of halogens is 1. The number of nitrogens with two attached hydrogens (primary N) is 3. The molecule has 3 amide bonds. The van der Waals surface area contributed by atoms with E-state index in [9.17, 15) is 26.7 Å². The van der Waals surface area contributed by atoms with Crippen LogP contribution in [-0.2, 0) is 51.1 Å². The standard InChI is InChI=1S/C19H20FN3O10S/c20-34(27,28)33-15-3-1-11(2-4-15)7-29-16-13(9-31-18(22)25)5-12(8-30-17(21)24)6-14(16)10-32-19(23)26/h1-6H,7-10H2,(H2,21,24)(H2,22,25)(H2,23,26). The van der Waals surface area contributed by atoms with E-state index >= 15 is 0 Å². The zero-order valence-corrected chi connectivity index (χ0v) is 18.2. The van der Waals surface area contributed by atoms with Crippen LogP contribution in [0.4, 0.5) is 18.3 Å². The molecule has 0 aliphatic rings. The van der Waals surface area contributed by atoms with Crippen LogP contribution in [0.5, 0.6) is 11.5 Å². The first-order valence-corrected chi connectivity index (χ1v) is 10.5. The van der Waals surface area contributed by atoms with Gasteiger partial charge in [-0.3, -0.25) is 0 Å². The first-order valence-electron chi connectivity index (χ1n) is 9.20. The maximum absolute atomic E-state index is 12.6. The summed E-state index contributed by atoms with van der Waals surface area (Å²) in [6.45, 7) is -1.05. The number of carbonyl (C=O) groups excluding carboxylic acids is 3. The van der Waals surface area contributed by atoms with E-state index in [4.69, 9.17) is 36.1 Å². The van der Waals surface area contributed by atoms with E-state index in [1.54, 1.807) is 0 Å². The summed E-state index contributed by atoms with van der Waals surface area (Å²) in [5.41, 5.74) is 16.5. The van der Waals surface area contributed by atoms with Gasteiger partial charge in [-0.1, -0.05) is 16.0 Å². The van der Waals surface area contributed by atoms with E-state index < -0.39 is 28.8 Å². The van der Waals surface area contributed by atoms with Gasteiger partial charge in [-0.15, -0.1) is 0 Å². The second-order valence-electron chi connectivity index (χ2n) is 6.48. The third-order valence-electron chi connectivity index (χ3n) is 3.93. The summed E-state index contributed by atoms with van der Waals surface area (Å²) in [7, 11) is -5.17. The van der Waals surface area contributed by atoms with Gasteiger partial charge in [-0.2, -0.15) is 8.42 Å². The lowest BCUT2D eigenvalue weighted by Gasteiger charge is -2.18. The zero-order valence-electron chi connectivity index (χ0n) is 17.4. The van der Waals surface area contributed by atoms with Crippen LogP contribution in [-0.4, -0.2) is 26.7 Å². The fraction of sp³-hybridized carbons (Fsp3) is 0.211. The molecule has 184 valence electrons. The molecule has 0 atom stereocenters. The molecule has 0 aliphatic heterocycles. The molecular formula is C19H20FN3O10S. The first kappa shape index (κ1) is 26.0. The number of ether oxygens (including phenoxy) is 4. The second kappa shape index (κ2) is 11.6. The van der Waals surface area contributed by atoms with E-state index in [0.29, 0.717) is 11.1 Å². The number of benzene rings is 2. The van der Waals surface area contributed by atoms with Gasteiger partial charge in [0.25, 0.3) is 0 Å². The summed E-state index contributed by atoms with van der Waals surface area (Å²) in [5.74, 6) is -0.117. The third kappa shape index (κ3) is 9.07. The van der Waals surface area contributed by atoms with Crippen molar-refractivity contribution in [3.05, 3.63) is 58.7 Å². The number of rotatable bonds is 11. The molecule has 0 unspecified atom stereocenters. The Hall–Kier alpha value is -4.27. The third-order valence-corrected chi connectivity index (χ3v) is 4.32. The van der Waals surface area contributed by atoms with Crippen LogP contribution >= 0.6 is 0 Å². The zero-order chi connectivity index (χ0) is 25.3. The number of carbonyl (C=O) groups is 3. The molecule has 0 heterocycles. The van der Waals surface area contributed by atoms with Crippen LogP contribution in [0.1, 0.15) is 22.3 Å². The van der Waals surface area contributed by atoms with Gasteiger partial charge in [0, 0.05) is 11.1 Å². The number of hydrogen-bond donors (Lipinski definition) is 3. The Morgan fingerprint density at radius 2 is 1.21 bits per heavy atom. The molecule has 13 nitrogen and oxygen atoms in total. The van der Waals surface area contributed by atoms with Crippen molar-refractivity contribution in [2.75, 3.05) is 0 Å². The monoisotopic (exact) mass is 501 g/mol. The van der Waals surface area contributed by atoms with Crippen LogP contribution in [0.15, 0.2) is 36.4 Å². The molecule has 0 spiro atoms. The van der Waals surface area contributed by atoms with E-state index in [0.717, 1.165) is 0 Å². The van der Waals surface area contributed by atoms with Gasteiger partial charge >= 0.3 is 28.8 Å². The van der Waals surface area contributed by atoms with Crippen LogP contribution in [0, 0.1) is 0 Å². The van der Waals surface area contributed by atoms with E-state index in [1.807, 2.05) is 0 Å². The fourth-order valence-electron chi connectivity index (χ4n) is 2.67. The highest BCUT2D eigenvalue weighted by atomic mass is 32.3. The minimum Gasteiger partial charge on any atom is -0.488 e. The van der Waals surface area contributed by atoms with Crippen molar-refractivity contribution in [1.82, 2.24) is 0 Å². The van der Waals surface area contributed by atoms with Crippen molar-refractivity contribution in [2.45, 2.75) is 26.4 Å². The van der Waals surface area contributed by atoms with Crippen molar-refractivity contribution in [3.8, 4) is 11.5 Å². The topological polar surface area (TPSA) is 210 Å². The summed E-state index contributed by atoms with van der Waals surface area (Å²) >= 11 is 0. The highest BCUT2D eigenvalue weighted by molar-refractivity contribution is 7.81. The van der Waals surface area contributed by atoms with Crippen molar-refractivity contribution < 1.29 is 49.8 Å². The minimum atomic E-state index is -5.17. The Morgan fingerprint density at radius 1 is 0.735 bits per heavy atom. The molecule has 0 aliphatic carbocycles. The van der Waals surface area contributed by atoms with Crippen molar-refractivity contribution >= 4 is 28.8 Å². The first-order chi connectivity index (χ1) is 15.9. The lowest BCUT2D eigenvalue weighted by molar-refractivity contribution is 0.144. The summed E-state index contributed by atoms with van der Waals surface area (Å²) < 4.78 is 58.1. The molecule has 2 rings (SSSR count). The number of amides is 3. The van der Waals surface area contributed by atoms with Crippen LogP contribution < -0.4 is 26.1 Å². The predicted octanol–water partition coefficient (Wildman–Crippen LogP) is 1.64. The van der Waals surface area contributed by atoms with Crippen LogP contribution in [0.25, 0.3) is 0 Å². The van der Waals surface area contributed by atoms with Crippen molar-refractivity contribution in [2.24, 2.45) is 17.2 Å². The highest BCUT2D eigenvalue weighted by Crippen LogP contribution is 2.30. The molecular weight excluding hydrogens is 481 g/mol. The maximum Gasteiger partial charge on any atom is 0.488 e. The Labute approximate surface area is 192 Å². The largest absolute Gasteiger partial charge is 0.488 e. The Bertz CT molecular complexity index is 1120. The molecule has 0 saturated heterocycles. The quantitative estimate of drug-likeness (QED) is 0.299. The summed E-state index contributed by atoms with van der Waals surface area (Å²) in [6, 6.07) is 8.20. The van der Waals surface area contributed by atoms with Gasteiger partial charge in [0.1, 0.15) is 37.9 Å². The van der Waals surface area contributed by atoms with E-state index in [1.165, 1.54) is 36.4 Å². The SMILES string of the molecule is NC(=O)OCc1cc(COC(N)=O)c(OCc2ccc(OS(=O)(=O)F)cc2)c(COC(N)=O)c1. The van der Waals surface area contributed by atoms with Crippen molar-refractivity contribution in [3.63, 3.8) is 0 Å². The maximum atomic E-state index is 12.6. The van der Waals surface area contributed by atoms with Gasteiger partial charge in [-0.05, 0) is 35.4 Å². The highest BCUT2D eigenvalue weighted by Gasteiger charge is 2.17. The van der Waals surface area contributed by atoms with Crippen LogP contribution in [0.3, 0.4) is 0 Å². The predicted molar refractivity (Wildman–Crippen MR) is 111 cm³/mol. The van der Waals surface area contributed by atoms with Gasteiger partial charge in [-0.25, -0.2) is 14.4 Å². The average molecular weight is 501 g/mol. The smallest absolute Gasteiger partial charge is 0.488 e. The second-order valence-corrected chi connectivity index (χ2v) is 7.43. The van der Waals surface area contributed by atoms with E-state index in [-0.39, 0.29) is 49.1 Å². The Morgan fingerprint density at radius 3 is 1.65 bits per heavy atom. The molecule has 0 saturated carbocycles. The molecule has 34 heavy (non-hydrogen) atoms. The normalized spacial score (nSPS) is 10.7. The summed E-state index contributed by atoms with van der Waals surface area (Å²) in [6.07, 6.45) is -3.17. The Kier molecular flexibility index (Phi) is 8.83. The molecule has 0 fully saturated rings. The molecule has 0 aromatic heterocycles. The fourth-order valence-corrected chi connectivity index (χ4v) is 3.01. The molecule has 0 bridgehead atoms. The molecule has 6 N–H and O–H groups in total.